The number of fused-ring (bicyclic) bond motifs is 2. The number of nitrogens with zero attached hydrogens (tertiary/aromatic N) is 1. The number of aromatic amines is 1. The van der Waals surface area contributed by atoms with Crippen LogP contribution in [0.15, 0.2) is 36.5 Å². The Labute approximate surface area is 142 Å². The highest BCUT2D eigenvalue weighted by molar-refractivity contribution is 6.04. The summed E-state index contributed by atoms with van der Waals surface area (Å²) in [5, 5.41) is 9.32. The molecule has 0 unspecified atom stereocenters. The molecule has 2 N–H and O–H groups in total. The van der Waals surface area contributed by atoms with Gasteiger partial charge in [0, 0.05) is 22.5 Å². The molecule has 4 aromatic rings. The van der Waals surface area contributed by atoms with Gasteiger partial charge in [-0.15, -0.1) is 0 Å². The van der Waals surface area contributed by atoms with E-state index < -0.39 is 34.8 Å². The van der Waals surface area contributed by atoms with E-state index in [1.807, 2.05) is 0 Å². The van der Waals surface area contributed by atoms with Crippen molar-refractivity contribution in [3.05, 3.63) is 65.4 Å². The second kappa shape index (κ2) is 5.55. The van der Waals surface area contributed by atoms with Crippen molar-refractivity contribution in [1.82, 2.24) is 9.97 Å². The summed E-state index contributed by atoms with van der Waals surface area (Å²) in [6.45, 7) is 0. The Kier molecular flexibility index (Phi) is 3.43. The molecule has 0 aliphatic carbocycles. The molecule has 2 aromatic heterocycles. The summed E-state index contributed by atoms with van der Waals surface area (Å²) in [4.78, 5) is 18.0. The molecule has 0 atom stereocenters. The molecule has 0 fully saturated rings. The van der Waals surface area contributed by atoms with E-state index in [0.717, 1.165) is 12.1 Å². The lowest BCUT2D eigenvalue weighted by molar-refractivity contribution is 0.0694. The fraction of sp³-hybridized carbons (Fsp3) is 0. The van der Waals surface area contributed by atoms with Crippen LogP contribution in [0, 0.1) is 23.3 Å². The van der Waals surface area contributed by atoms with Crippen molar-refractivity contribution in [3.8, 4) is 11.3 Å². The normalized spacial score (nSPS) is 11.4. The van der Waals surface area contributed by atoms with Gasteiger partial charge >= 0.3 is 5.97 Å². The second-order valence-electron chi connectivity index (χ2n) is 5.60. The van der Waals surface area contributed by atoms with Crippen molar-refractivity contribution in [2.75, 3.05) is 0 Å². The molecule has 4 rings (SSSR count). The van der Waals surface area contributed by atoms with Crippen LogP contribution < -0.4 is 0 Å². The Balaban J connectivity index is 1.97. The average molecular weight is 360 g/mol. The topological polar surface area (TPSA) is 66.0 Å². The van der Waals surface area contributed by atoms with Crippen LogP contribution in [0.4, 0.5) is 17.6 Å². The number of halogens is 4. The largest absolute Gasteiger partial charge is 0.478 e. The number of aromatic nitrogens is 2. The maximum atomic E-state index is 13.9. The standard InChI is InChI=1S/C18H8F4N2O2/c19-10-2-4-12-7(14(10)18(25)26)1-3-13(24-12)9-6-23-17-8(9)5-11(20)15(21)16(17)22/h1-6,23H,(H,25,26). The van der Waals surface area contributed by atoms with Crippen molar-refractivity contribution in [2.24, 2.45) is 0 Å². The number of benzene rings is 2. The molecular weight excluding hydrogens is 352 g/mol. The van der Waals surface area contributed by atoms with E-state index >= 15 is 0 Å². The molecule has 4 nitrogen and oxygen atoms in total. The molecule has 8 heteroatoms. The van der Waals surface area contributed by atoms with Gasteiger partial charge < -0.3 is 10.1 Å². The van der Waals surface area contributed by atoms with Gasteiger partial charge in [-0.05, 0) is 30.3 Å². The summed E-state index contributed by atoms with van der Waals surface area (Å²) >= 11 is 0. The van der Waals surface area contributed by atoms with E-state index in [2.05, 4.69) is 9.97 Å². The van der Waals surface area contributed by atoms with Crippen LogP contribution in [0.2, 0.25) is 0 Å². The number of nitrogens with one attached hydrogen (secondary N) is 1. The van der Waals surface area contributed by atoms with Gasteiger partial charge in [0.25, 0.3) is 0 Å². The van der Waals surface area contributed by atoms with E-state index in [1.54, 1.807) is 0 Å². The third-order valence-corrected chi connectivity index (χ3v) is 4.12. The maximum Gasteiger partial charge on any atom is 0.339 e. The Morgan fingerprint density at radius 2 is 1.73 bits per heavy atom. The van der Waals surface area contributed by atoms with Crippen molar-refractivity contribution in [1.29, 1.82) is 0 Å². The van der Waals surface area contributed by atoms with Gasteiger partial charge in [-0.3, -0.25) is 0 Å². The third-order valence-electron chi connectivity index (χ3n) is 4.12. The summed E-state index contributed by atoms with van der Waals surface area (Å²) in [6, 6.07) is 5.89. The van der Waals surface area contributed by atoms with Crippen molar-refractivity contribution in [3.63, 3.8) is 0 Å². The fourth-order valence-corrected chi connectivity index (χ4v) is 2.93. The van der Waals surface area contributed by atoms with Gasteiger partial charge in [-0.1, -0.05) is 0 Å². The number of pyridine rings is 1. The van der Waals surface area contributed by atoms with E-state index in [0.29, 0.717) is 5.56 Å². The van der Waals surface area contributed by atoms with Gasteiger partial charge in [-0.25, -0.2) is 27.3 Å². The van der Waals surface area contributed by atoms with Crippen LogP contribution in [0.5, 0.6) is 0 Å². The Morgan fingerprint density at radius 1 is 0.962 bits per heavy atom. The highest BCUT2D eigenvalue weighted by Crippen LogP contribution is 2.32. The lowest BCUT2D eigenvalue weighted by Crippen LogP contribution is -2.02. The number of aromatic carboxylic acids is 1. The summed E-state index contributed by atoms with van der Waals surface area (Å²) < 4.78 is 54.5. The van der Waals surface area contributed by atoms with E-state index in [9.17, 15) is 22.4 Å². The Morgan fingerprint density at radius 3 is 2.46 bits per heavy atom. The predicted molar refractivity (Wildman–Crippen MR) is 85.8 cm³/mol. The Bertz CT molecular complexity index is 1220. The first-order valence-corrected chi connectivity index (χ1v) is 7.36. The molecule has 2 heterocycles. The maximum absolute atomic E-state index is 13.9. The number of carboxylic acid groups (broad SMARTS) is 1. The van der Waals surface area contributed by atoms with Crippen LogP contribution in [0.25, 0.3) is 33.1 Å². The number of H-pyrrole nitrogens is 1. The minimum Gasteiger partial charge on any atom is -0.478 e. The van der Waals surface area contributed by atoms with E-state index in [-0.39, 0.29) is 27.5 Å². The van der Waals surface area contributed by atoms with Gasteiger partial charge in [0.05, 0.1) is 16.7 Å². The molecule has 0 aliphatic rings. The van der Waals surface area contributed by atoms with Gasteiger partial charge in [0.15, 0.2) is 17.5 Å². The molecule has 0 radical (unpaired) electrons. The molecule has 0 bridgehead atoms. The zero-order valence-electron chi connectivity index (χ0n) is 12.8. The first-order chi connectivity index (χ1) is 12.4. The molecule has 0 saturated heterocycles. The third kappa shape index (κ3) is 2.22. The average Bonchev–Trinajstić information content (AvgIpc) is 3.02. The van der Waals surface area contributed by atoms with Crippen LogP contribution in [-0.2, 0) is 0 Å². The first-order valence-electron chi connectivity index (χ1n) is 7.36. The predicted octanol–water partition coefficient (Wildman–Crippen LogP) is 4.64. The molecule has 0 amide bonds. The zero-order valence-corrected chi connectivity index (χ0v) is 12.8. The molecular formula is C18H8F4N2O2. The summed E-state index contributed by atoms with van der Waals surface area (Å²) in [7, 11) is 0. The lowest BCUT2D eigenvalue weighted by atomic mass is 10.0. The molecule has 0 saturated carbocycles. The number of carboxylic acids is 1. The van der Waals surface area contributed by atoms with E-state index in [4.69, 9.17) is 5.11 Å². The quantitative estimate of drug-likeness (QED) is 0.404. The van der Waals surface area contributed by atoms with Crippen molar-refractivity contribution < 1.29 is 27.5 Å². The van der Waals surface area contributed by atoms with Crippen LogP contribution >= 0.6 is 0 Å². The van der Waals surface area contributed by atoms with Gasteiger partial charge in [0.1, 0.15) is 11.4 Å². The summed E-state index contributed by atoms with van der Waals surface area (Å²) in [6.07, 6.45) is 1.34. The molecule has 0 spiro atoms. The Hall–Kier alpha value is -3.42. The lowest BCUT2D eigenvalue weighted by Gasteiger charge is -2.06. The van der Waals surface area contributed by atoms with Crippen molar-refractivity contribution in [2.45, 2.75) is 0 Å². The second-order valence-corrected chi connectivity index (χ2v) is 5.60. The summed E-state index contributed by atoms with van der Waals surface area (Å²) in [5.41, 5.74) is 0.0162. The van der Waals surface area contributed by atoms with Gasteiger partial charge in [-0.2, -0.15) is 0 Å². The number of carbonyl (C=O) groups is 1. The minimum absolute atomic E-state index is 0.0776. The monoisotopic (exact) mass is 360 g/mol. The fourth-order valence-electron chi connectivity index (χ4n) is 2.93. The highest BCUT2D eigenvalue weighted by Gasteiger charge is 2.20. The minimum atomic E-state index is -1.58. The number of hydrogen-bond donors (Lipinski definition) is 2. The highest BCUT2D eigenvalue weighted by atomic mass is 19.2. The molecule has 0 aliphatic heterocycles. The molecule has 26 heavy (non-hydrogen) atoms. The molecule has 2 aromatic carbocycles. The van der Waals surface area contributed by atoms with Crippen LogP contribution in [-0.4, -0.2) is 21.0 Å². The number of rotatable bonds is 2. The van der Waals surface area contributed by atoms with Crippen LogP contribution in [0.3, 0.4) is 0 Å². The van der Waals surface area contributed by atoms with Gasteiger partial charge in [0.2, 0.25) is 0 Å². The number of hydrogen-bond acceptors (Lipinski definition) is 2. The molecule has 130 valence electrons. The zero-order chi connectivity index (χ0) is 18.6. The SMILES string of the molecule is O=C(O)c1c(F)ccc2nc(-c3c[nH]c4c(F)c(F)c(F)cc34)ccc12. The first kappa shape index (κ1) is 16.1. The van der Waals surface area contributed by atoms with Crippen LogP contribution in [0.1, 0.15) is 10.4 Å². The van der Waals surface area contributed by atoms with Crippen molar-refractivity contribution >= 4 is 27.8 Å². The summed E-state index contributed by atoms with van der Waals surface area (Å²) in [5.74, 6) is -6.60. The van der Waals surface area contributed by atoms with E-state index in [1.165, 1.54) is 24.4 Å². The smallest absolute Gasteiger partial charge is 0.339 e.